The lowest BCUT2D eigenvalue weighted by molar-refractivity contribution is 0.104. The van der Waals surface area contributed by atoms with Crippen LogP contribution in [-0.4, -0.2) is 10.8 Å². The van der Waals surface area contributed by atoms with E-state index in [0.717, 1.165) is 16.0 Å². The lowest BCUT2D eigenvalue weighted by atomic mass is 10.1. The zero-order chi connectivity index (χ0) is 9.97. The van der Waals surface area contributed by atoms with Gasteiger partial charge in [-0.15, -0.1) is 11.3 Å². The van der Waals surface area contributed by atoms with E-state index >= 15 is 0 Å². The van der Waals surface area contributed by atoms with Crippen molar-refractivity contribution in [3.05, 3.63) is 52.0 Å². The molecule has 3 heteroatoms. The zero-order valence-electron chi connectivity index (χ0n) is 7.73. The number of hydrogen-bond donors (Lipinski definition) is 0. The average Bonchev–Trinajstić information content (AvgIpc) is 2.70. The normalized spacial score (nSPS) is 10.1. The van der Waals surface area contributed by atoms with Crippen molar-refractivity contribution in [2.75, 3.05) is 0 Å². The van der Waals surface area contributed by atoms with Crippen LogP contribution in [0.4, 0.5) is 0 Å². The maximum Gasteiger partial charge on any atom is 0.203 e. The fraction of sp³-hybridized carbons (Fsp3) is 0.0909. The SMILES string of the molecule is Cc1cnccc1C(=O)c1cccs1. The van der Waals surface area contributed by atoms with Crippen molar-refractivity contribution < 1.29 is 4.79 Å². The van der Waals surface area contributed by atoms with Gasteiger partial charge in [-0.1, -0.05) is 6.07 Å². The molecule has 0 spiro atoms. The minimum Gasteiger partial charge on any atom is -0.288 e. The number of carbonyl (C=O) groups excluding carboxylic acids is 1. The predicted molar refractivity (Wildman–Crippen MR) is 56.7 cm³/mol. The molecule has 0 aromatic carbocycles. The fourth-order valence-electron chi connectivity index (χ4n) is 1.27. The summed E-state index contributed by atoms with van der Waals surface area (Å²) in [6, 6.07) is 5.48. The topological polar surface area (TPSA) is 30.0 Å². The van der Waals surface area contributed by atoms with Crippen LogP contribution >= 0.6 is 11.3 Å². The molecule has 0 aliphatic heterocycles. The molecule has 2 rings (SSSR count). The summed E-state index contributed by atoms with van der Waals surface area (Å²) in [6.07, 6.45) is 3.36. The largest absolute Gasteiger partial charge is 0.288 e. The number of carbonyl (C=O) groups is 1. The van der Waals surface area contributed by atoms with Crippen LogP contribution in [0.25, 0.3) is 0 Å². The Morgan fingerprint density at radius 3 is 2.93 bits per heavy atom. The second-order valence-corrected chi connectivity index (χ2v) is 3.94. The third kappa shape index (κ3) is 1.59. The molecule has 2 aromatic rings. The van der Waals surface area contributed by atoms with Crippen LogP contribution in [0, 0.1) is 6.92 Å². The van der Waals surface area contributed by atoms with E-state index in [1.165, 1.54) is 11.3 Å². The molecule has 2 nitrogen and oxygen atoms in total. The first-order valence-electron chi connectivity index (χ1n) is 4.28. The minimum atomic E-state index is 0.0832. The van der Waals surface area contributed by atoms with Gasteiger partial charge in [-0.05, 0) is 30.0 Å². The Bertz CT molecular complexity index is 448. The molecule has 0 unspecified atom stereocenters. The lowest BCUT2D eigenvalue weighted by Gasteiger charge is -2.00. The van der Waals surface area contributed by atoms with Gasteiger partial charge in [0.2, 0.25) is 5.78 Å². The molecule has 0 atom stereocenters. The van der Waals surface area contributed by atoms with Gasteiger partial charge in [0.05, 0.1) is 4.88 Å². The van der Waals surface area contributed by atoms with Gasteiger partial charge in [0.15, 0.2) is 0 Å². The molecule has 0 bridgehead atoms. The molecule has 0 amide bonds. The van der Waals surface area contributed by atoms with Crippen molar-refractivity contribution in [3.63, 3.8) is 0 Å². The Morgan fingerprint density at radius 1 is 1.43 bits per heavy atom. The molecule has 0 radical (unpaired) electrons. The summed E-state index contributed by atoms with van der Waals surface area (Å²) in [7, 11) is 0. The molecule has 0 saturated heterocycles. The van der Waals surface area contributed by atoms with E-state index in [0.29, 0.717) is 0 Å². The summed E-state index contributed by atoms with van der Waals surface area (Å²) in [5, 5.41) is 1.91. The first kappa shape index (κ1) is 9.09. The number of aromatic nitrogens is 1. The van der Waals surface area contributed by atoms with Crippen LogP contribution in [0.5, 0.6) is 0 Å². The van der Waals surface area contributed by atoms with Crippen molar-refractivity contribution in [3.8, 4) is 0 Å². The molecule has 0 saturated carbocycles. The van der Waals surface area contributed by atoms with Gasteiger partial charge in [-0.25, -0.2) is 0 Å². The predicted octanol–water partition coefficient (Wildman–Crippen LogP) is 2.68. The Morgan fingerprint density at radius 2 is 2.29 bits per heavy atom. The number of hydrogen-bond acceptors (Lipinski definition) is 3. The molecule has 70 valence electrons. The highest BCUT2D eigenvalue weighted by Crippen LogP contribution is 2.16. The van der Waals surface area contributed by atoms with Crippen molar-refractivity contribution in [1.82, 2.24) is 4.98 Å². The first-order valence-corrected chi connectivity index (χ1v) is 5.16. The summed E-state index contributed by atoms with van der Waals surface area (Å²) < 4.78 is 0. The summed E-state index contributed by atoms with van der Waals surface area (Å²) >= 11 is 1.46. The van der Waals surface area contributed by atoms with Crippen LogP contribution in [0.3, 0.4) is 0 Å². The summed E-state index contributed by atoms with van der Waals surface area (Å²) in [4.78, 5) is 16.6. The summed E-state index contributed by atoms with van der Waals surface area (Å²) in [5.74, 6) is 0.0832. The number of pyridine rings is 1. The number of thiophene rings is 1. The maximum atomic E-state index is 11.9. The first-order chi connectivity index (χ1) is 6.79. The van der Waals surface area contributed by atoms with E-state index in [1.807, 2.05) is 24.4 Å². The Hall–Kier alpha value is -1.48. The molecule has 2 aromatic heterocycles. The molecule has 0 fully saturated rings. The van der Waals surface area contributed by atoms with E-state index in [1.54, 1.807) is 18.5 Å². The smallest absolute Gasteiger partial charge is 0.203 e. The van der Waals surface area contributed by atoms with Gasteiger partial charge in [0, 0.05) is 18.0 Å². The van der Waals surface area contributed by atoms with Crippen molar-refractivity contribution >= 4 is 17.1 Å². The molecule has 0 N–H and O–H groups in total. The number of ketones is 1. The number of rotatable bonds is 2. The van der Waals surface area contributed by atoms with E-state index in [9.17, 15) is 4.79 Å². The number of nitrogens with zero attached hydrogens (tertiary/aromatic N) is 1. The van der Waals surface area contributed by atoms with E-state index < -0.39 is 0 Å². The number of aryl methyl sites for hydroxylation is 1. The third-order valence-electron chi connectivity index (χ3n) is 2.01. The van der Waals surface area contributed by atoms with E-state index in [4.69, 9.17) is 0 Å². The second-order valence-electron chi connectivity index (χ2n) is 3.00. The molecular formula is C11H9NOS. The quantitative estimate of drug-likeness (QED) is 0.702. The van der Waals surface area contributed by atoms with Crippen molar-refractivity contribution in [2.45, 2.75) is 6.92 Å². The molecule has 14 heavy (non-hydrogen) atoms. The minimum absolute atomic E-state index is 0.0832. The van der Waals surface area contributed by atoms with Crippen molar-refractivity contribution in [2.24, 2.45) is 0 Å². The molecular weight excluding hydrogens is 194 g/mol. The molecule has 2 heterocycles. The van der Waals surface area contributed by atoms with Crippen LogP contribution < -0.4 is 0 Å². The fourth-order valence-corrected chi connectivity index (χ4v) is 1.95. The van der Waals surface area contributed by atoms with Gasteiger partial charge < -0.3 is 0 Å². The van der Waals surface area contributed by atoms with Gasteiger partial charge in [-0.2, -0.15) is 0 Å². The maximum absolute atomic E-state index is 11.9. The van der Waals surface area contributed by atoms with Gasteiger partial charge in [-0.3, -0.25) is 9.78 Å². The van der Waals surface area contributed by atoms with Crippen LogP contribution in [0.1, 0.15) is 20.8 Å². The molecule has 0 aliphatic carbocycles. The lowest BCUT2D eigenvalue weighted by Crippen LogP contribution is -2.01. The standard InChI is InChI=1S/C11H9NOS/c1-8-7-12-5-4-9(8)11(13)10-3-2-6-14-10/h2-7H,1H3. The Balaban J connectivity index is 2.42. The van der Waals surface area contributed by atoms with Crippen molar-refractivity contribution in [1.29, 1.82) is 0 Å². The second kappa shape index (κ2) is 3.72. The highest BCUT2D eigenvalue weighted by atomic mass is 32.1. The van der Waals surface area contributed by atoms with Crippen LogP contribution in [-0.2, 0) is 0 Å². The zero-order valence-corrected chi connectivity index (χ0v) is 8.54. The Kier molecular flexibility index (Phi) is 2.41. The van der Waals surface area contributed by atoms with Gasteiger partial charge in [0.25, 0.3) is 0 Å². The monoisotopic (exact) mass is 203 g/mol. The van der Waals surface area contributed by atoms with Crippen LogP contribution in [0.2, 0.25) is 0 Å². The van der Waals surface area contributed by atoms with E-state index in [2.05, 4.69) is 4.98 Å². The highest BCUT2D eigenvalue weighted by Gasteiger charge is 2.11. The summed E-state index contributed by atoms with van der Waals surface area (Å²) in [6.45, 7) is 1.90. The summed E-state index contributed by atoms with van der Waals surface area (Å²) in [5.41, 5.74) is 1.66. The Labute approximate surface area is 86.2 Å². The van der Waals surface area contributed by atoms with Crippen LogP contribution in [0.15, 0.2) is 36.0 Å². The highest BCUT2D eigenvalue weighted by molar-refractivity contribution is 7.12. The van der Waals surface area contributed by atoms with Gasteiger partial charge in [0.1, 0.15) is 0 Å². The van der Waals surface area contributed by atoms with E-state index in [-0.39, 0.29) is 5.78 Å². The average molecular weight is 203 g/mol. The molecule has 0 aliphatic rings. The third-order valence-corrected chi connectivity index (χ3v) is 2.88. The van der Waals surface area contributed by atoms with Gasteiger partial charge >= 0.3 is 0 Å².